The molecule has 1 aliphatic rings. The predicted octanol–water partition coefficient (Wildman–Crippen LogP) is 2.38. The van der Waals surface area contributed by atoms with Crippen molar-refractivity contribution < 1.29 is 22.6 Å². The molecule has 1 fully saturated rings. The van der Waals surface area contributed by atoms with E-state index in [-0.39, 0.29) is 12.8 Å². The lowest BCUT2D eigenvalue weighted by Crippen LogP contribution is -2.28. The van der Waals surface area contributed by atoms with Crippen LogP contribution >= 0.6 is 0 Å². The molecule has 0 bridgehead atoms. The average Bonchev–Trinajstić information content (AvgIpc) is 2.82. The maximum atomic E-state index is 11.9. The highest BCUT2D eigenvalue weighted by molar-refractivity contribution is 5.23. The molecule has 0 spiro atoms. The molecule has 0 radical (unpaired) electrons. The zero-order valence-corrected chi connectivity index (χ0v) is 9.67. The van der Waals surface area contributed by atoms with Crippen LogP contribution in [0, 0.1) is 0 Å². The second-order valence-electron chi connectivity index (χ2n) is 4.03. The molecule has 18 heavy (non-hydrogen) atoms. The van der Waals surface area contributed by atoms with Gasteiger partial charge in [-0.3, -0.25) is 0 Å². The SMILES string of the molecule is FC(F)(F)CNCc1ccc(C2OCCO2)cc1. The standard InChI is InChI=1S/C12H14F3NO2/c13-12(14,15)8-16-7-9-1-3-10(4-2-9)11-17-5-6-18-11/h1-4,11,16H,5-8H2. The highest BCUT2D eigenvalue weighted by Gasteiger charge is 2.26. The van der Waals surface area contributed by atoms with E-state index in [1.54, 1.807) is 24.3 Å². The Balaban J connectivity index is 1.84. The van der Waals surface area contributed by atoms with Gasteiger partial charge in [-0.05, 0) is 5.56 Å². The Labute approximate surface area is 103 Å². The Morgan fingerprint density at radius 1 is 1.11 bits per heavy atom. The van der Waals surface area contributed by atoms with Crippen molar-refractivity contribution in [1.82, 2.24) is 5.32 Å². The molecule has 0 atom stereocenters. The van der Waals surface area contributed by atoms with Crippen molar-refractivity contribution in [2.45, 2.75) is 19.0 Å². The quantitative estimate of drug-likeness (QED) is 0.902. The Bertz CT molecular complexity index is 372. The van der Waals surface area contributed by atoms with Crippen LogP contribution in [-0.4, -0.2) is 25.9 Å². The van der Waals surface area contributed by atoms with Crippen molar-refractivity contribution in [1.29, 1.82) is 0 Å². The Morgan fingerprint density at radius 3 is 2.28 bits per heavy atom. The van der Waals surface area contributed by atoms with E-state index in [1.807, 2.05) is 0 Å². The molecule has 3 nitrogen and oxygen atoms in total. The fourth-order valence-corrected chi connectivity index (χ4v) is 1.69. The molecule has 0 aromatic heterocycles. The van der Waals surface area contributed by atoms with Crippen molar-refractivity contribution in [2.24, 2.45) is 0 Å². The van der Waals surface area contributed by atoms with Crippen LogP contribution < -0.4 is 5.32 Å². The molecule has 100 valence electrons. The summed E-state index contributed by atoms with van der Waals surface area (Å²) in [5, 5.41) is 2.34. The van der Waals surface area contributed by atoms with Gasteiger partial charge < -0.3 is 14.8 Å². The molecule has 6 heteroatoms. The molecular formula is C12H14F3NO2. The van der Waals surface area contributed by atoms with Gasteiger partial charge >= 0.3 is 6.18 Å². The molecule has 2 rings (SSSR count). The third kappa shape index (κ3) is 3.97. The Hall–Kier alpha value is -1.11. The second-order valence-corrected chi connectivity index (χ2v) is 4.03. The highest BCUT2D eigenvalue weighted by atomic mass is 19.4. The summed E-state index contributed by atoms with van der Waals surface area (Å²) in [5.41, 5.74) is 1.67. The van der Waals surface area contributed by atoms with Gasteiger partial charge in [-0.25, -0.2) is 0 Å². The number of nitrogens with one attached hydrogen (secondary N) is 1. The highest BCUT2D eigenvalue weighted by Crippen LogP contribution is 2.23. The van der Waals surface area contributed by atoms with E-state index in [1.165, 1.54) is 0 Å². The third-order valence-electron chi connectivity index (χ3n) is 2.53. The minimum absolute atomic E-state index is 0.187. The minimum Gasteiger partial charge on any atom is -0.346 e. The van der Waals surface area contributed by atoms with E-state index in [9.17, 15) is 13.2 Å². The fourth-order valence-electron chi connectivity index (χ4n) is 1.69. The lowest BCUT2D eigenvalue weighted by atomic mass is 10.1. The Kier molecular flexibility index (Phi) is 4.21. The topological polar surface area (TPSA) is 30.5 Å². The molecule has 0 saturated carbocycles. The van der Waals surface area contributed by atoms with Gasteiger partial charge in [-0.1, -0.05) is 24.3 Å². The first-order valence-electron chi connectivity index (χ1n) is 5.64. The van der Waals surface area contributed by atoms with E-state index < -0.39 is 12.7 Å². The average molecular weight is 261 g/mol. The summed E-state index contributed by atoms with van der Waals surface area (Å²) in [6.07, 6.45) is -4.52. The van der Waals surface area contributed by atoms with Gasteiger partial charge in [0.15, 0.2) is 6.29 Å². The number of rotatable bonds is 4. The van der Waals surface area contributed by atoms with Gasteiger partial charge in [0, 0.05) is 12.1 Å². The van der Waals surface area contributed by atoms with Crippen LogP contribution in [0.1, 0.15) is 17.4 Å². The van der Waals surface area contributed by atoms with Crippen LogP contribution in [0.4, 0.5) is 13.2 Å². The Morgan fingerprint density at radius 2 is 1.72 bits per heavy atom. The predicted molar refractivity (Wildman–Crippen MR) is 58.8 cm³/mol. The zero-order valence-electron chi connectivity index (χ0n) is 9.67. The van der Waals surface area contributed by atoms with E-state index >= 15 is 0 Å². The molecule has 0 aliphatic carbocycles. The van der Waals surface area contributed by atoms with Crippen LogP contribution in [-0.2, 0) is 16.0 Å². The summed E-state index contributed by atoms with van der Waals surface area (Å²) in [7, 11) is 0. The van der Waals surface area contributed by atoms with E-state index in [0.717, 1.165) is 11.1 Å². The summed E-state index contributed by atoms with van der Waals surface area (Å²) >= 11 is 0. The van der Waals surface area contributed by atoms with Crippen LogP contribution in [0.25, 0.3) is 0 Å². The normalized spacial score (nSPS) is 17.3. The molecule has 1 aromatic carbocycles. The minimum atomic E-state index is -4.18. The lowest BCUT2D eigenvalue weighted by molar-refractivity contribution is -0.125. The van der Waals surface area contributed by atoms with Crippen LogP contribution in [0.15, 0.2) is 24.3 Å². The summed E-state index contributed by atoms with van der Waals surface area (Å²) in [5.74, 6) is 0. The first kappa shape index (κ1) is 13.3. The number of halogens is 3. The zero-order chi connectivity index (χ0) is 13.0. The lowest BCUT2D eigenvalue weighted by Gasteiger charge is -2.11. The summed E-state index contributed by atoms with van der Waals surface area (Å²) in [6, 6.07) is 7.15. The van der Waals surface area contributed by atoms with Crippen molar-refractivity contribution >= 4 is 0 Å². The van der Waals surface area contributed by atoms with Crippen LogP contribution in [0.3, 0.4) is 0 Å². The van der Waals surface area contributed by atoms with Crippen molar-refractivity contribution in [3.05, 3.63) is 35.4 Å². The number of hydrogen-bond acceptors (Lipinski definition) is 3. The first-order valence-corrected chi connectivity index (χ1v) is 5.64. The molecule has 1 saturated heterocycles. The van der Waals surface area contributed by atoms with Crippen LogP contribution in [0.2, 0.25) is 0 Å². The fraction of sp³-hybridized carbons (Fsp3) is 0.500. The molecule has 1 heterocycles. The maximum Gasteiger partial charge on any atom is 0.401 e. The van der Waals surface area contributed by atoms with Gasteiger partial charge in [-0.2, -0.15) is 13.2 Å². The number of alkyl halides is 3. The van der Waals surface area contributed by atoms with Crippen LogP contribution in [0.5, 0.6) is 0 Å². The summed E-state index contributed by atoms with van der Waals surface area (Å²) < 4.78 is 46.4. The monoisotopic (exact) mass is 261 g/mol. The molecule has 1 N–H and O–H groups in total. The smallest absolute Gasteiger partial charge is 0.346 e. The van der Waals surface area contributed by atoms with E-state index in [0.29, 0.717) is 13.2 Å². The van der Waals surface area contributed by atoms with Crippen molar-refractivity contribution in [3.63, 3.8) is 0 Å². The molecule has 0 amide bonds. The van der Waals surface area contributed by atoms with Gasteiger partial charge in [0.05, 0.1) is 19.8 Å². The maximum absolute atomic E-state index is 11.9. The third-order valence-corrected chi connectivity index (χ3v) is 2.53. The van der Waals surface area contributed by atoms with E-state index in [2.05, 4.69) is 5.32 Å². The number of hydrogen-bond donors (Lipinski definition) is 1. The number of benzene rings is 1. The molecule has 0 unspecified atom stereocenters. The second kappa shape index (κ2) is 5.69. The molecule has 1 aliphatic heterocycles. The van der Waals surface area contributed by atoms with Gasteiger partial charge in [0.1, 0.15) is 0 Å². The van der Waals surface area contributed by atoms with Gasteiger partial charge in [0.25, 0.3) is 0 Å². The summed E-state index contributed by atoms with van der Waals surface area (Å²) in [4.78, 5) is 0. The van der Waals surface area contributed by atoms with Crippen molar-refractivity contribution in [3.8, 4) is 0 Å². The van der Waals surface area contributed by atoms with E-state index in [4.69, 9.17) is 9.47 Å². The molecule has 1 aromatic rings. The van der Waals surface area contributed by atoms with Crippen molar-refractivity contribution in [2.75, 3.05) is 19.8 Å². The molecular weight excluding hydrogens is 247 g/mol. The first-order chi connectivity index (χ1) is 8.54. The largest absolute Gasteiger partial charge is 0.401 e. The van der Waals surface area contributed by atoms with Gasteiger partial charge in [0.2, 0.25) is 0 Å². The van der Waals surface area contributed by atoms with Gasteiger partial charge in [-0.15, -0.1) is 0 Å². The summed E-state index contributed by atoms with van der Waals surface area (Å²) in [6.45, 7) is 0.342. The number of ether oxygens (including phenoxy) is 2.